The molecule has 3 rings (SSSR count). The Morgan fingerprint density at radius 1 is 1.37 bits per heavy atom. The maximum atomic E-state index is 13.3. The molecule has 0 radical (unpaired) electrons. The average molecular weight is 260 g/mol. The highest BCUT2D eigenvalue weighted by molar-refractivity contribution is 5.58. The molecule has 0 atom stereocenters. The van der Waals surface area contributed by atoms with Crippen LogP contribution in [0.25, 0.3) is 0 Å². The number of benzene rings is 1. The van der Waals surface area contributed by atoms with Crippen LogP contribution < -0.4 is 10.6 Å². The average Bonchev–Trinajstić information content (AvgIpc) is 2.94. The number of hydrogen-bond donors (Lipinski definition) is 1. The van der Waals surface area contributed by atoms with E-state index in [2.05, 4.69) is 4.90 Å². The minimum absolute atomic E-state index is 0.191. The molecule has 0 aliphatic carbocycles. The second-order valence-corrected chi connectivity index (χ2v) is 4.97. The molecule has 19 heavy (non-hydrogen) atoms. The van der Waals surface area contributed by atoms with E-state index in [1.807, 2.05) is 19.1 Å². The Balaban J connectivity index is 1.84. The lowest BCUT2D eigenvalue weighted by atomic mass is 10.2. The number of fused-ring (bicyclic) bond motifs is 1. The quantitative estimate of drug-likeness (QED) is 0.922. The van der Waals surface area contributed by atoms with E-state index in [0.717, 1.165) is 35.7 Å². The number of aryl methyl sites for hydroxylation is 1. The fourth-order valence-corrected chi connectivity index (χ4v) is 2.64. The molecule has 0 unspecified atom stereocenters. The summed E-state index contributed by atoms with van der Waals surface area (Å²) in [7, 11) is 0. The molecular weight excluding hydrogens is 243 g/mol. The third-order valence-electron chi connectivity index (χ3n) is 3.64. The zero-order chi connectivity index (χ0) is 13.4. The molecular formula is C15H17FN2O. The van der Waals surface area contributed by atoms with Gasteiger partial charge in [0.15, 0.2) is 0 Å². The van der Waals surface area contributed by atoms with Crippen molar-refractivity contribution < 1.29 is 8.81 Å². The van der Waals surface area contributed by atoms with Gasteiger partial charge in [0.25, 0.3) is 0 Å². The summed E-state index contributed by atoms with van der Waals surface area (Å²) in [6.45, 7) is 3.97. The van der Waals surface area contributed by atoms with Crippen LogP contribution in [0.3, 0.4) is 0 Å². The molecule has 1 aromatic carbocycles. The van der Waals surface area contributed by atoms with Gasteiger partial charge in [-0.3, -0.25) is 0 Å². The summed E-state index contributed by atoms with van der Waals surface area (Å²) in [4.78, 5) is 2.15. The first-order valence-electron chi connectivity index (χ1n) is 6.49. The van der Waals surface area contributed by atoms with Crippen molar-refractivity contribution in [1.82, 2.24) is 0 Å². The van der Waals surface area contributed by atoms with Crippen LogP contribution in [0.5, 0.6) is 0 Å². The third-order valence-corrected chi connectivity index (χ3v) is 3.64. The lowest BCUT2D eigenvalue weighted by Crippen LogP contribution is -2.19. The molecule has 2 heterocycles. The second kappa shape index (κ2) is 4.70. The minimum Gasteiger partial charge on any atom is -0.463 e. The summed E-state index contributed by atoms with van der Waals surface area (Å²) < 4.78 is 19.0. The van der Waals surface area contributed by atoms with Gasteiger partial charge in [-0.05, 0) is 42.7 Å². The van der Waals surface area contributed by atoms with Crippen molar-refractivity contribution in [2.75, 3.05) is 11.4 Å². The topological polar surface area (TPSA) is 42.4 Å². The van der Waals surface area contributed by atoms with E-state index in [1.54, 1.807) is 6.07 Å². The molecule has 0 saturated heterocycles. The highest BCUT2D eigenvalue weighted by Crippen LogP contribution is 2.30. The Hall–Kier alpha value is -1.81. The van der Waals surface area contributed by atoms with E-state index >= 15 is 0 Å². The van der Waals surface area contributed by atoms with Crippen molar-refractivity contribution in [3.8, 4) is 0 Å². The van der Waals surface area contributed by atoms with Crippen LogP contribution in [0.15, 0.2) is 28.7 Å². The van der Waals surface area contributed by atoms with E-state index in [4.69, 9.17) is 10.2 Å². The predicted octanol–water partition coefficient (Wildman–Crippen LogP) is 2.75. The van der Waals surface area contributed by atoms with Gasteiger partial charge in [0, 0.05) is 12.2 Å². The van der Waals surface area contributed by atoms with Gasteiger partial charge in [0.1, 0.15) is 17.3 Å². The van der Waals surface area contributed by atoms with Gasteiger partial charge < -0.3 is 15.1 Å². The highest BCUT2D eigenvalue weighted by atomic mass is 19.1. The van der Waals surface area contributed by atoms with Crippen molar-refractivity contribution in [3.63, 3.8) is 0 Å². The van der Waals surface area contributed by atoms with Gasteiger partial charge in [0.05, 0.1) is 13.1 Å². The van der Waals surface area contributed by atoms with Crippen molar-refractivity contribution in [3.05, 3.63) is 52.7 Å². The van der Waals surface area contributed by atoms with Crippen LogP contribution in [0.4, 0.5) is 10.1 Å². The zero-order valence-corrected chi connectivity index (χ0v) is 10.9. The SMILES string of the molecule is Cc1cc(CN2CCc3ccc(F)cc32)oc1CN. The first-order valence-corrected chi connectivity index (χ1v) is 6.49. The highest BCUT2D eigenvalue weighted by Gasteiger charge is 2.21. The Kier molecular flexibility index (Phi) is 3.03. The first-order chi connectivity index (χ1) is 9.17. The van der Waals surface area contributed by atoms with E-state index in [9.17, 15) is 4.39 Å². The van der Waals surface area contributed by atoms with Gasteiger partial charge in [-0.15, -0.1) is 0 Å². The molecule has 1 aromatic heterocycles. The maximum absolute atomic E-state index is 13.3. The molecule has 0 bridgehead atoms. The molecule has 0 spiro atoms. The van der Waals surface area contributed by atoms with Crippen LogP contribution in [-0.2, 0) is 19.5 Å². The van der Waals surface area contributed by atoms with E-state index in [0.29, 0.717) is 13.1 Å². The lowest BCUT2D eigenvalue weighted by Gasteiger charge is -2.17. The van der Waals surface area contributed by atoms with Crippen molar-refractivity contribution in [2.45, 2.75) is 26.4 Å². The largest absolute Gasteiger partial charge is 0.463 e. The van der Waals surface area contributed by atoms with Crippen LogP contribution in [0.1, 0.15) is 22.6 Å². The van der Waals surface area contributed by atoms with Crippen molar-refractivity contribution in [2.24, 2.45) is 5.73 Å². The molecule has 2 aromatic rings. The van der Waals surface area contributed by atoms with Gasteiger partial charge in [-0.2, -0.15) is 0 Å². The fraction of sp³-hybridized carbons (Fsp3) is 0.333. The third kappa shape index (κ3) is 2.24. The van der Waals surface area contributed by atoms with Crippen LogP contribution >= 0.6 is 0 Å². The number of anilines is 1. The Labute approximate surface area is 111 Å². The summed E-state index contributed by atoms with van der Waals surface area (Å²) in [5.41, 5.74) is 8.86. The molecule has 0 fully saturated rings. The van der Waals surface area contributed by atoms with Gasteiger partial charge >= 0.3 is 0 Å². The fourth-order valence-electron chi connectivity index (χ4n) is 2.64. The summed E-state index contributed by atoms with van der Waals surface area (Å²) in [5.74, 6) is 1.52. The molecule has 3 nitrogen and oxygen atoms in total. The van der Waals surface area contributed by atoms with Gasteiger partial charge in [0.2, 0.25) is 0 Å². The summed E-state index contributed by atoms with van der Waals surface area (Å²) in [6.07, 6.45) is 0.957. The minimum atomic E-state index is -0.191. The second-order valence-electron chi connectivity index (χ2n) is 4.97. The Bertz CT molecular complexity index is 606. The normalized spacial score (nSPS) is 13.9. The van der Waals surface area contributed by atoms with Crippen molar-refractivity contribution >= 4 is 5.69 Å². The molecule has 0 amide bonds. The summed E-state index contributed by atoms with van der Waals surface area (Å²) >= 11 is 0. The summed E-state index contributed by atoms with van der Waals surface area (Å²) in [6, 6.07) is 7.00. The first kappa shape index (κ1) is 12.2. The summed E-state index contributed by atoms with van der Waals surface area (Å²) in [5, 5.41) is 0. The molecule has 4 heteroatoms. The standard InChI is InChI=1S/C15H17FN2O/c1-10-6-13(19-15(10)8-17)9-18-5-4-11-2-3-12(16)7-14(11)18/h2-3,6-7H,4-5,8-9,17H2,1H3. The Morgan fingerprint density at radius 3 is 2.95 bits per heavy atom. The van der Waals surface area contributed by atoms with E-state index in [-0.39, 0.29) is 5.82 Å². The number of nitrogens with zero attached hydrogens (tertiary/aromatic N) is 1. The van der Waals surface area contributed by atoms with Gasteiger partial charge in [-0.25, -0.2) is 4.39 Å². The number of furan rings is 1. The Morgan fingerprint density at radius 2 is 2.21 bits per heavy atom. The molecule has 0 saturated carbocycles. The molecule has 1 aliphatic rings. The lowest BCUT2D eigenvalue weighted by molar-refractivity contribution is 0.461. The van der Waals surface area contributed by atoms with Crippen LogP contribution in [0.2, 0.25) is 0 Å². The van der Waals surface area contributed by atoms with Gasteiger partial charge in [-0.1, -0.05) is 6.07 Å². The number of halogens is 1. The maximum Gasteiger partial charge on any atom is 0.125 e. The monoisotopic (exact) mass is 260 g/mol. The van der Waals surface area contributed by atoms with Crippen molar-refractivity contribution in [1.29, 1.82) is 0 Å². The predicted molar refractivity (Wildman–Crippen MR) is 72.5 cm³/mol. The van der Waals surface area contributed by atoms with E-state index in [1.165, 1.54) is 11.6 Å². The molecule has 100 valence electrons. The number of hydrogen-bond acceptors (Lipinski definition) is 3. The van der Waals surface area contributed by atoms with E-state index < -0.39 is 0 Å². The smallest absolute Gasteiger partial charge is 0.125 e. The van der Waals surface area contributed by atoms with Crippen LogP contribution in [0, 0.1) is 12.7 Å². The molecule has 2 N–H and O–H groups in total. The number of rotatable bonds is 3. The number of nitrogens with two attached hydrogens (primary N) is 1. The zero-order valence-electron chi connectivity index (χ0n) is 10.9. The molecule has 1 aliphatic heterocycles. The van der Waals surface area contributed by atoms with Crippen LogP contribution in [-0.4, -0.2) is 6.54 Å².